The fraction of sp³-hybridized carbons (Fsp3) is 0.667. The Labute approximate surface area is 98.2 Å². The molecule has 1 aliphatic heterocycles. The van der Waals surface area contributed by atoms with Gasteiger partial charge in [-0.25, -0.2) is 0 Å². The summed E-state index contributed by atoms with van der Waals surface area (Å²) < 4.78 is 10.3. The van der Waals surface area contributed by atoms with E-state index in [0.717, 1.165) is 0 Å². The Morgan fingerprint density at radius 1 is 1.59 bits per heavy atom. The molecule has 8 heteroatoms. The summed E-state index contributed by atoms with van der Waals surface area (Å²) in [5.41, 5.74) is 6.29. The van der Waals surface area contributed by atoms with E-state index in [1.165, 1.54) is 6.92 Å². The predicted octanol–water partition coefficient (Wildman–Crippen LogP) is -1.65. The smallest absolute Gasteiger partial charge is 0.321 e. The standard InChI is InChI=1S/C9H15N5O3/c1-7(15)11-9-8(6-10)14(12-17-9)13-2-4-16-5-3-13/h2-6,10H2,1H3/p+1. The molecule has 1 saturated heterocycles. The van der Waals surface area contributed by atoms with Crippen LogP contribution >= 0.6 is 0 Å². The van der Waals surface area contributed by atoms with Gasteiger partial charge in [0.05, 0.1) is 37.6 Å². The highest BCUT2D eigenvalue weighted by atomic mass is 16.5. The molecule has 0 spiro atoms. The quantitative estimate of drug-likeness (QED) is 0.616. The van der Waals surface area contributed by atoms with Crippen LogP contribution in [-0.4, -0.2) is 37.5 Å². The maximum atomic E-state index is 11.0. The summed E-state index contributed by atoms with van der Waals surface area (Å²) in [6.45, 7) is 4.34. The summed E-state index contributed by atoms with van der Waals surface area (Å²) >= 11 is 0. The van der Waals surface area contributed by atoms with Crippen LogP contribution in [0.3, 0.4) is 0 Å². The predicted molar refractivity (Wildman–Crippen MR) is 57.7 cm³/mol. The van der Waals surface area contributed by atoms with Gasteiger partial charge in [0.1, 0.15) is 0 Å². The Kier molecular flexibility index (Phi) is 3.55. The van der Waals surface area contributed by atoms with Gasteiger partial charge in [0.2, 0.25) is 11.2 Å². The highest BCUT2D eigenvalue weighted by Gasteiger charge is 2.30. The van der Waals surface area contributed by atoms with Crippen molar-refractivity contribution in [3.63, 3.8) is 0 Å². The monoisotopic (exact) mass is 242 g/mol. The molecule has 1 aromatic rings. The van der Waals surface area contributed by atoms with Gasteiger partial charge in [-0.05, 0) is 0 Å². The summed E-state index contributed by atoms with van der Waals surface area (Å²) in [6.07, 6.45) is 0. The van der Waals surface area contributed by atoms with Crippen LogP contribution in [0.2, 0.25) is 0 Å². The molecule has 8 nitrogen and oxygen atoms in total. The number of aromatic nitrogens is 2. The van der Waals surface area contributed by atoms with Crippen molar-refractivity contribution in [2.75, 3.05) is 36.6 Å². The SMILES string of the molecule is CC(=O)Nc1on[n+](N2CCOCC2)c1CN. The zero-order valence-corrected chi connectivity index (χ0v) is 9.68. The molecular weight excluding hydrogens is 226 g/mol. The Bertz CT molecular complexity index is 399. The van der Waals surface area contributed by atoms with Crippen LogP contribution in [0.5, 0.6) is 0 Å². The Morgan fingerprint density at radius 3 is 2.88 bits per heavy atom. The Hall–Kier alpha value is -1.67. The van der Waals surface area contributed by atoms with Crippen LogP contribution in [0.15, 0.2) is 4.52 Å². The average molecular weight is 242 g/mol. The second kappa shape index (κ2) is 5.11. The number of nitrogens with one attached hydrogen (secondary N) is 1. The number of hydrogen-bond acceptors (Lipinski definition) is 6. The number of rotatable bonds is 3. The fourth-order valence-electron chi connectivity index (χ4n) is 1.67. The maximum Gasteiger partial charge on any atom is 0.321 e. The molecular formula is C9H16N5O3+. The zero-order valence-electron chi connectivity index (χ0n) is 9.68. The molecule has 1 aromatic heterocycles. The van der Waals surface area contributed by atoms with E-state index in [2.05, 4.69) is 10.6 Å². The molecule has 0 bridgehead atoms. The number of anilines is 1. The molecule has 94 valence electrons. The second-order valence-electron chi connectivity index (χ2n) is 3.69. The molecule has 2 rings (SSSR count). The fourth-order valence-corrected chi connectivity index (χ4v) is 1.67. The van der Waals surface area contributed by atoms with Crippen molar-refractivity contribution < 1.29 is 18.8 Å². The third kappa shape index (κ3) is 2.53. The van der Waals surface area contributed by atoms with Gasteiger partial charge in [-0.15, -0.1) is 5.01 Å². The number of nitrogens with two attached hydrogens (primary N) is 1. The van der Waals surface area contributed by atoms with E-state index >= 15 is 0 Å². The van der Waals surface area contributed by atoms with Gasteiger partial charge >= 0.3 is 11.6 Å². The zero-order chi connectivity index (χ0) is 12.3. The maximum absolute atomic E-state index is 11.0. The minimum Gasteiger partial charge on any atom is -0.377 e. The molecule has 17 heavy (non-hydrogen) atoms. The number of amides is 1. The minimum absolute atomic E-state index is 0.218. The second-order valence-corrected chi connectivity index (χ2v) is 3.69. The first kappa shape index (κ1) is 11.8. The third-order valence-electron chi connectivity index (χ3n) is 2.45. The van der Waals surface area contributed by atoms with Crippen molar-refractivity contribution >= 4 is 11.8 Å². The number of carbonyl (C=O) groups is 1. The van der Waals surface area contributed by atoms with Gasteiger partial charge < -0.3 is 10.5 Å². The molecule has 1 aliphatic rings. The first-order valence-corrected chi connectivity index (χ1v) is 5.44. The summed E-state index contributed by atoms with van der Waals surface area (Å²) in [4.78, 5) is 12.6. The highest BCUT2D eigenvalue weighted by molar-refractivity contribution is 5.87. The Balaban J connectivity index is 2.21. The number of nitrogens with zero attached hydrogens (tertiary/aromatic N) is 3. The summed E-state index contributed by atoms with van der Waals surface area (Å²) in [5, 5.41) is 8.40. The van der Waals surface area contributed by atoms with Gasteiger partial charge in [0, 0.05) is 6.92 Å². The van der Waals surface area contributed by atoms with Crippen LogP contribution in [0.1, 0.15) is 12.6 Å². The van der Waals surface area contributed by atoms with E-state index in [-0.39, 0.29) is 12.5 Å². The molecule has 1 fully saturated rings. The van der Waals surface area contributed by atoms with Gasteiger partial charge in [-0.3, -0.25) is 14.6 Å². The molecule has 0 aliphatic carbocycles. The van der Waals surface area contributed by atoms with E-state index in [1.807, 2.05) is 5.01 Å². The van der Waals surface area contributed by atoms with Crippen molar-refractivity contribution in [1.29, 1.82) is 0 Å². The lowest BCUT2D eigenvalue weighted by atomic mass is 10.4. The third-order valence-corrected chi connectivity index (χ3v) is 2.45. The van der Waals surface area contributed by atoms with Crippen LogP contribution in [0, 0.1) is 0 Å². The lowest BCUT2D eigenvalue weighted by Gasteiger charge is -2.19. The molecule has 3 N–H and O–H groups in total. The molecule has 0 aromatic carbocycles. The first-order chi connectivity index (χ1) is 8.22. The van der Waals surface area contributed by atoms with E-state index < -0.39 is 0 Å². The first-order valence-electron chi connectivity index (χ1n) is 5.44. The van der Waals surface area contributed by atoms with E-state index in [0.29, 0.717) is 37.9 Å². The minimum atomic E-state index is -0.218. The highest BCUT2D eigenvalue weighted by Crippen LogP contribution is 2.09. The average Bonchev–Trinajstić information content (AvgIpc) is 2.72. The molecule has 0 saturated carbocycles. The van der Waals surface area contributed by atoms with Gasteiger partial charge in [0.15, 0.2) is 0 Å². The van der Waals surface area contributed by atoms with Crippen LogP contribution < -0.4 is 20.9 Å². The van der Waals surface area contributed by atoms with Crippen molar-refractivity contribution in [3.8, 4) is 0 Å². The molecule has 2 heterocycles. The Morgan fingerprint density at radius 2 is 2.29 bits per heavy atom. The summed E-state index contributed by atoms with van der Waals surface area (Å²) in [5.74, 6) is 0.0801. The molecule has 0 atom stereocenters. The lowest BCUT2D eigenvalue weighted by molar-refractivity contribution is -0.765. The molecule has 1 amide bonds. The van der Waals surface area contributed by atoms with E-state index in [4.69, 9.17) is 15.0 Å². The topological polar surface area (TPSA) is 97.5 Å². The van der Waals surface area contributed by atoms with Gasteiger partial charge in [-0.2, -0.15) is 0 Å². The van der Waals surface area contributed by atoms with E-state index in [1.54, 1.807) is 4.79 Å². The number of hydrogen-bond donors (Lipinski definition) is 2. The van der Waals surface area contributed by atoms with Crippen molar-refractivity contribution in [3.05, 3.63) is 5.69 Å². The largest absolute Gasteiger partial charge is 0.377 e. The lowest BCUT2D eigenvalue weighted by Crippen LogP contribution is -2.65. The van der Waals surface area contributed by atoms with Gasteiger partial charge in [0.25, 0.3) is 0 Å². The summed E-state index contributed by atoms with van der Waals surface area (Å²) in [7, 11) is 0. The van der Waals surface area contributed by atoms with Gasteiger partial charge in [-0.1, -0.05) is 0 Å². The van der Waals surface area contributed by atoms with Crippen LogP contribution in [-0.2, 0) is 16.1 Å². The van der Waals surface area contributed by atoms with E-state index in [9.17, 15) is 4.79 Å². The van der Waals surface area contributed by atoms with Crippen molar-refractivity contribution in [1.82, 2.24) is 5.27 Å². The summed E-state index contributed by atoms with van der Waals surface area (Å²) in [6, 6.07) is 0. The van der Waals surface area contributed by atoms with Crippen LogP contribution in [0.25, 0.3) is 0 Å². The molecule has 0 unspecified atom stereocenters. The number of morpholine rings is 1. The number of ether oxygens (including phenoxy) is 1. The van der Waals surface area contributed by atoms with Crippen LogP contribution in [0.4, 0.5) is 5.88 Å². The number of carbonyl (C=O) groups excluding carboxylic acids is 1. The van der Waals surface area contributed by atoms with Crippen molar-refractivity contribution in [2.24, 2.45) is 5.73 Å². The normalized spacial score (nSPS) is 16.0. The molecule has 0 radical (unpaired) electrons. The van der Waals surface area contributed by atoms with Crippen molar-refractivity contribution in [2.45, 2.75) is 13.5 Å².